The van der Waals surface area contributed by atoms with Gasteiger partial charge in [-0.3, -0.25) is 0 Å². The number of benzene rings is 1. The van der Waals surface area contributed by atoms with E-state index in [0.717, 1.165) is 6.54 Å². The van der Waals surface area contributed by atoms with Crippen LogP contribution in [-0.4, -0.2) is 31.1 Å². The Labute approximate surface area is 117 Å². The van der Waals surface area contributed by atoms with Crippen LogP contribution >= 0.6 is 0 Å². The van der Waals surface area contributed by atoms with Crippen molar-refractivity contribution in [3.63, 3.8) is 0 Å². The lowest BCUT2D eigenvalue weighted by atomic mass is 9.95. The molecule has 0 aromatic heterocycles. The number of likely N-dealkylation sites (tertiary alicyclic amines) is 1. The van der Waals surface area contributed by atoms with Crippen molar-refractivity contribution in [3.8, 4) is 0 Å². The number of rotatable bonds is 5. The largest absolute Gasteiger partial charge is 0.330 e. The van der Waals surface area contributed by atoms with Crippen molar-refractivity contribution >= 4 is 0 Å². The van der Waals surface area contributed by atoms with E-state index < -0.39 is 0 Å². The summed E-state index contributed by atoms with van der Waals surface area (Å²) in [5.41, 5.74) is 9.16. The van der Waals surface area contributed by atoms with E-state index in [1.54, 1.807) is 0 Å². The normalized spacial score (nSPS) is 22.4. The highest BCUT2D eigenvalue weighted by molar-refractivity contribution is 5.34. The van der Waals surface area contributed by atoms with Gasteiger partial charge in [0, 0.05) is 18.5 Å². The molecule has 1 saturated heterocycles. The Morgan fingerprint density at radius 2 is 1.68 bits per heavy atom. The predicted molar refractivity (Wildman–Crippen MR) is 80.4 cm³/mol. The second-order valence-electron chi connectivity index (χ2n) is 6.33. The zero-order valence-electron chi connectivity index (χ0n) is 11.9. The minimum absolute atomic E-state index is 0.339. The van der Waals surface area contributed by atoms with E-state index in [-0.39, 0.29) is 0 Å². The number of nitrogens with zero attached hydrogens (tertiary/aromatic N) is 1. The molecule has 0 unspecified atom stereocenters. The summed E-state index contributed by atoms with van der Waals surface area (Å²) >= 11 is 0. The van der Waals surface area contributed by atoms with Crippen molar-refractivity contribution in [1.29, 1.82) is 0 Å². The van der Waals surface area contributed by atoms with Crippen LogP contribution in [0.2, 0.25) is 0 Å². The van der Waals surface area contributed by atoms with Crippen LogP contribution in [0.3, 0.4) is 0 Å². The lowest BCUT2D eigenvalue weighted by molar-refractivity contribution is 0.231. The fraction of sp³-hybridized carbons (Fsp3) is 0.647. The molecule has 2 fully saturated rings. The maximum absolute atomic E-state index is 5.89. The van der Waals surface area contributed by atoms with Crippen molar-refractivity contribution in [2.24, 2.45) is 5.73 Å². The molecule has 0 amide bonds. The topological polar surface area (TPSA) is 29.3 Å². The molecule has 1 aliphatic carbocycles. The Hall–Kier alpha value is -0.860. The van der Waals surface area contributed by atoms with Gasteiger partial charge in [0.25, 0.3) is 0 Å². The van der Waals surface area contributed by atoms with Crippen LogP contribution in [0.15, 0.2) is 24.3 Å². The van der Waals surface area contributed by atoms with Gasteiger partial charge >= 0.3 is 0 Å². The molecule has 0 atom stereocenters. The molecule has 104 valence electrons. The zero-order valence-corrected chi connectivity index (χ0v) is 11.9. The molecule has 1 aromatic rings. The Morgan fingerprint density at radius 1 is 1.00 bits per heavy atom. The molecule has 2 nitrogen and oxygen atoms in total. The highest BCUT2D eigenvalue weighted by Gasteiger charge is 2.42. The van der Waals surface area contributed by atoms with Gasteiger partial charge in [0.15, 0.2) is 0 Å². The molecule has 0 radical (unpaired) electrons. The summed E-state index contributed by atoms with van der Waals surface area (Å²) in [6.07, 6.45) is 7.94. The van der Waals surface area contributed by atoms with Gasteiger partial charge in [0.05, 0.1) is 0 Å². The van der Waals surface area contributed by atoms with Crippen LogP contribution in [-0.2, 0) is 11.8 Å². The maximum Gasteiger partial charge on any atom is 0.00762 e. The Balaban J connectivity index is 1.54. The van der Waals surface area contributed by atoms with Crippen LogP contribution in [0.25, 0.3) is 0 Å². The molecule has 3 rings (SSSR count). The molecule has 1 saturated carbocycles. The summed E-state index contributed by atoms with van der Waals surface area (Å²) in [5, 5.41) is 0. The number of nitrogens with two attached hydrogens (primary N) is 1. The monoisotopic (exact) mass is 258 g/mol. The molecule has 0 bridgehead atoms. The van der Waals surface area contributed by atoms with Gasteiger partial charge in [0.2, 0.25) is 0 Å². The van der Waals surface area contributed by atoms with E-state index >= 15 is 0 Å². The van der Waals surface area contributed by atoms with Gasteiger partial charge in [-0.05, 0) is 56.3 Å². The lowest BCUT2D eigenvalue weighted by Gasteiger charge is -2.26. The summed E-state index contributed by atoms with van der Waals surface area (Å²) in [7, 11) is 0. The van der Waals surface area contributed by atoms with Crippen LogP contribution in [0.1, 0.15) is 43.2 Å². The zero-order chi connectivity index (χ0) is 13.1. The molecule has 1 aromatic carbocycles. The Kier molecular flexibility index (Phi) is 3.90. The fourth-order valence-corrected chi connectivity index (χ4v) is 3.26. The van der Waals surface area contributed by atoms with E-state index in [4.69, 9.17) is 5.73 Å². The molecule has 1 heterocycles. The average Bonchev–Trinajstić information content (AvgIpc) is 3.28. The molecule has 2 heteroatoms. The highest BCUT2D eigenvalue weighted by Crippen LogP contribution is 2.47. The van der Waals surface area contributed by atoms with Crippen molar-refractivity contribution in [1.82, 2.24) is 4.90 Å². The third kappa shape index (κ3) is 3.01. The first-order valence-electron chi connectivity index (χ1n) is 7.84. The molecule has 0 spiro atoms. The van der Waals surface area contributed by atoms with E-state index in [2.05, 4.69) is 29.2 Å². The third-order valence-electron chi connectivity index (χ3n) is 4.98. The first kappa shape index (κ1) is 13.1. The van der Waals surface area contributed by atoms with Crippen molar-refractivity contribution in [2.75, 3.05) is 26.2 Å². The quantitative estimate of drug-likeness (QED) is 0.880. The highest BCUT2D eigenvalue weighted by atomic mass is 15.1. The number of hydrogen-bond acceptors (Lipinski definition) is 2. The fourth-order valence-electron chi connectivity index (χ4n) is 3.26. The number of hydrogen-bond donors (Lipinski definition) is 1. The van der Waals surface area contributed by atoms with Crippen LogP contribution in [0, 0.1) is 0 Å². The van der Waals surface area contributed by atoms with Gasteiger partial charge in [-0.1, -0.05) is 30.7 Å². The maximum atomic E-state index is 5.89. The van der Waals surface area contributed by atoms with Gasteiger partial charge in [-0.25, -0.2) is 0 Å². The smallest absolute Gasteiger partial charge is 0.00762 e. The second kappa shape index (κ2) is 5.64. The van der Waals surface area contributed by atoms with Gasteiger partial charge < -0.3 is 10.6 Å². The van der Waals surface area contributed by atoms with Gasteiger partial charge in [0.1, 0.15) is 0 Å². The minimum atomic E-state index is 0.339. The molecule has 2 aliphatic rings. The average molecular weight is 258 g/mol. The summed E-state index contributed by atoms with van der Waals surface area (Å²) in [4.78, 5) is 2.61. The molecule has 1 aliphatic heterocycles. The summed E-state index contributed by atoms with van der Waals surface area (Å²) < 4.78 is 0. The van der Waals surface area contributed by atoms with Gasteiger partial charge in [-0.2, -0.15) is 0 Å². The van der Waals surface area contributed by atoms with Gasteiger partial charge in [-0.15, -0.1) is 0 Å². The Morgan fingerprint density at radius 3 is 2.26 bits per heavy atom. The second-order valence-corrected chi connectivity index (χ2v) is 6.33. The standard InChI is InChI=1S/C17H26N2/c18-14-17(9-10-17)16-6-4-15(5-7-16)8-13-19-11-2-1-3-12-19/h4-7H,1-3,8-14,18H2. The van der Waals surface area contributed by atoms with E-state index in [9.17, 15) is 0 Å². The van der Waals surface area contributed by atoms with Crippen molar-refractivity contribution in [3.05, 3.63) is 35.4 Å². The Bertz CT molecular complexity index is 400. The van der Waals surface area contributed by atoms with Crippen LogP contribution in [0.4, 0.5) is 0 Å². The molecular weight excluding hydrogens is 232 g/mol. The van der Waals surface area contributed by atoms with Crippen LogP contribution in [0.5, 0.6) is 0 Å². The summed E-state index contributed by atoms with van der Waals surface area (Å²) in [6.45, 7) is 4.63. The minimum Gasteiger partial charge on any atom is -0.330 e. The van der Waals surface area contributed by atoms with Crippen LogP contribution < -0.4 is 5.73 Å². The first-order valence-corrected chi connectivity index (χ1v) is 7.84. The summed E-state index contributed by atoms with van der Waals surface area (Å²) in [5.74, 6) is 0. The first-order chi connectivity index (χ1) is 9.32. The third-order valence-corrected chi connectivity index (χ3v) is 4.98. The van der Waals surface area contributed by atoms with E-state index in [0.29, 0.717) is 5.41 Å². The van der Waals surface area contributed by atoms with E-state index in [1.165, 1.54) is 69.3 Å². The predicted octanol–water partition coefficient (Wildman–Crippen LogP) is 2.71. The van der Waals surface area contributed by atoms with Crippen molar-refractivity contribution in [2.45, 2.75) is 43.9 Å². The SMILES string of the molecule is NCC1(c2ccc(CCN3CCCCC3)cc2)CC1. The lowest BCUT2D eigenvalue weighted by Crippen LogP contribution is -2.31. The van der Waals surface area contributed by atoms with E-state index in [1.807, 2.05) is 0 Å². The number of piperidine rings is 1. The molecule has 19 heavy (non-hydrogen) atoms. The van der Waals surface area contributed by atoms with Crippen molar-refractivity contribution < 1.29 is 0 Å². The summed E-state index contributed by atoms with van der Waals surface area (Å²) in [6, 6.07) is 9.25. The molecule has 2 N–H and O–H groups in total. The molecular formula is C17H26N2.